The third-order valence-corrected chi connectivity index (χ3v) is 6.39. The number of carbonyl (C=O) groups excluding carboxylic acids is 2. The van der Waals surface area contributed by atoms with Crippen LogP contribution in [-0.4, -0.2) is 57.9 Å². The third kappa shape index (κ3) is 2.63. The molecule has 2 aliphatic heterocycles. The van der Waals surface area contributed by atoms with E-state index in [4.69, 9.17) is 0 Å². The number of nitrogens with zero attached hydrogens (tertiary/aromatic N) is 3. The van der Waals surface area contributed by atoms with E-state index in [1.165, 1.54) is 5.56 Å². The first-order chi connectivity index (χ1) is 11.1. The van der Waals surface area contributed by atoms with E-state index in [-0.39, 0.29) is 23.7 Å². The number of hydrogen-bond acceptors (Lipinski definition) is 3. The van der Waals surface area contributed by atoms with Gasteiger partial charge in [0.15, 0.2) is 0 Å². The van der Waals surface area contributed by atoms with Crippen LogP contribution in [0.15, 0.2) is 16.8 Å². The standard InChI is InChI=1S/C17H23N3O2S/c1-17(5-6-17)19(8-13-4-7-23-11-13)16(22)20-14-2-3-15(20)10-18(9-14)12-21/h4,7,11-12,14-15H,2-3,5-6,8-10H2,1H3/t14-,15+. The fraction of sp³-hybridized carbons (Fsp3) is 0.647. The summed E-state index contributed by atoms with van der Waals surface area (Å²) in [6, 6.07) is 2.67. The van der Waals surface area contributed by atoms with Gasteiger partial charge in [0.1, 0.15) is 0 Å². The highest BCUT2D eigenvalue weighted by Crippen LogP contribution is 2.44. The van der Waals surface area contributed by atoms with Crippen molar-refractivity contribution in [2.45, 2.75) is 56.8 Å². The van der Waals surface area contributed by atoms with E-state index in [9.17, 15) is 9.59 Å². The molecule has 2 saturated heterocycles. The normalized spacial score (nSPS) is 27.9. The lowest BCUT2D eigenvalue weighted by molar-refractivity contribution is -0.120. The molecule has 4 rings (SSSR count). The van der Waals surface area contributed by atoms with Crippen molar-refractivity contribution in [3.05, 3.63) is 22.4 Å². The number of rotatable bonds is 4. The van der Waals surface area contributed by atoms with Gasteiger partial charge in [-0.2, -0.15) is 11.3 Å². The first-order valence-electron chi connectivity index (χ1n) is 8.41. The molecule has 3 fully saturated rings. The summed E-state index contributed by atoms with van der Waals surface area (Å²) in [5.74, 6) is 0. The highest BCUT2D eigenvalue weighted by molar-refractivity contribution is 7.07. The van der Waals surface area contributed by atoms with Crippen LogP contribution in [0.3, 0.4) is 0 Å². The molecule has 6 heteroatoms. The second-order valence-corrected chi connectivity index (χ2v) is 8.13. The highest BCUT2D eigenvalue weighted by atomic mass is 32.1. The van der Waals surface area contributed by atoms with Crippen molar-refractivity contribution in [3.8, 4) is 0 Å². The summed E-state index contributed by atoms with van der Waals surface area (Å²) in [5, 5.41) is 4.20. The van der Waals surface area contributed by atoms with Gasteiger partial charge >= 0.3 is 6.03 Å². The quantitative estimate of drug-likeness (QED) is 0.795. The van der Waals surface area contributed by atoms with Crippen LogP contribution in [0.1, 0.15) is 38.2 Å². The average Bonchev–Trinajstić information content (AvgIpc) is 2.98. The largest absolute Gasteiger partial charge is 0.341 e. The van der Waals surface area contributed by atoms with E-state index < -0.39 is 0 Å². The molecule has 5 nitrogen and oxygen atoms in total. The molecule has 3 heterocycles. The zero-order chi connectivity index (χ0) is 16.0. The molecule has 2 bridgehead atoms. The summed E-state index contributed by atoms with van der Waals surface area (Å²) >= 11 is 1.68. The molecule has 3 aliphatic rings. The SMILES string of the molecule is CC1(N(Cc2ccsc2)C(=O)N2[C@@H]3CC[C@H]2CN(C=O)C3)CC1. The molecule has 1 aromatic rings. The van der Waals surface area contributed by atoms with Crippen LogP contribution in [0.5, 0.6) is 0 Å². The molecule has 0 aromatic carbocycles. The third-order valence-electron chi connectivity index (χ3n) is 5.66. The topological polar surface area (TPSA) is 43.9 Å². The fourth-order valence-corrected chi connectivity index (χ4v) is 4.64. The number of piperazine rings is 1. The summed E-state index contributed by atoms with van der Waals surface area (Å²) in [6.45, 7) is 4.27. The Morgan fingerprint density at radius 1 is 1.39 bits per heavy atom. The fourth-order valence-electron chi connectivity index (χ4n) is 3.98. The van der Waals surface area contributed by atoms with Gasteiger partial charge in [0.05, 0.1) is 12.1 Å². The molecule has 0 spiro atoms. The van der Waals surface area contributed by atoms with Gasteiger partial charge in [-0.25, -0.2) is 4.79 Å². The first kappa shape index (κ1) is 15.0. The lowest BCUT2D eigenvalue weighted by Gasteiger charge is -2.43. The minimum absolute atomic E-state index is 0.0141. The van der Waals surface area contributed by atoms with E-state index in [1.54, 1.807) is 11.3 Å². The maximum atomic E-state index is 13.3. The summed E-state index contributed by atoms with van der Waals surface area (Å²) in [7, 11) is 0. The lowest BCUT2D eigenvalue weighted by Crippen LogP contribution is -2.59. The van der Waals surface area contributed by atoms with Crippen LogP contribution in [-0.2, 0) is 11.3 Å². The van der Waals surface area contributed by atoms with Gasteiger partial charge in [-0.05, 0) is 55.0 Å². The number of likely N-dealkylation sites (tertiary alicyclic amines) is 1. The Morgan fingerprint density at radius 2 is 2.09 bits per heavy atom. The van der Waals surface area contributed by atoms with Crippen LogP contribution in [0.25, 0.3) is 0 Å². The van der Waals surface area contributed by atoms with E-state index in [2.05, 4.69) is 33.6 Å². The van der Waals surface area contributed by atoms with E-state index in [0.29, 0.717) is 19.6 Å². The molecule has 3 amide bonds. The molecule has 23 heavy (non-hydrogen) atoms. The minimum Gasteiger partial charge on any atom is -0.341 e. The Kier molecular flexibility index (Phi) is 3.59. The average molecular weight is 333 g/mol. The number of hydrogen-bond donors (Lipinski definition) is 0. The van der Waals surface area contributed by atoms with Gasteiger partial charge in [0, 0.05) is 25.2 Å². The van der Waals surface area contributed by atoms with Crippen LogP contribution in [0.4, 0.5) is 4.79 Å². The number of amides is 3. The van der Waals surface area contributed by atoms with Gasteiger partial charge in [-0.3, -0.25) is 4.79 Å². The molecule has 1 aromatic heterocycles. The molecule has 124 valence electrons. The van der Waals surface area contributed by atoms with Crippen LogP contribution < -0.4 is 0 Å². The number of carbonyl (C=O) groups is 2. The van der Waals surface area contributed by atoms with Crippen molar-refractivity contribution in [3.63, 3.8) is 0 Å². The van der Waals surface area contributed by atoms with E-state index in [1.807, 2.05) is 4.90 Å². The van der Waals surface area contributed by atoms with Gasteiger partial charge in [-0.15, -0.1) is 0 Å². The van der Waals surface area contributed by atoms with Crippen LogP contribution >= 0.6 is 11.3 Å². The minimum atomic E-state index is 0.0141. The predicted octanol–water partition coefficient (Wildman–Crippen LogP) is 2.53. The summed E-state index contributed by atoms with van der Waals surface area (Å²) in [4.78, 5) is 30.4. The molecule has 1 saturated carbocycles. The molecule has 1 aliphatic carbocycles. The Labute approximate surface area is 140 Å². The Hall–Kier alpha value is -1.56. The number of fused-ring (bicyclic) bond motifs is 2. The lowest BCUT2D eigenvalue weighted by atomic mass is 10.1. The van der Waals surface area contributed by atoms with Crippen molar-refractivity contribution >= 4 is 23.8 Å². The molecule has 0 N–H and O–H groups in total. The zero-order valence-electron chi connectivity index (χ0n) is 13.5. The second kappa shape index (κ2) is 5.51. The van der Waals surface area contributed by atoms with Crippen LogP contribution in [0, 0.1) is 0 Å². The van der Waals surface area contributed by atoms with Crippen molar-refractivity contribution in [1.29, 1.82) is 0 Å². The monoisotopic (exact) mass is 333 g/mol. The maximum Gasteiger partial charge on any atom is 0.321 e. The van der Waals surface area contributed by atoms with Crippen molar-refractivity contribution in [2.24, 2.45) is 0 Å². The van der Waals surface area contributed by atoms with Gasteiger partial charge < -0.3 is 14.7 Å². The van der Waals surface area contributed by atoms with E-state index in [0.717, 1.165) is 32.1 Å². The Bertz CT molecular complexity index is 585. The summed E-state index contributed by atoms with van der Waals surface area (Å²) in [6.07, 6.45) is 5.14. The Morgan fingerprint density at radius 3 is 2.61 bits per heavy atom. The van der Waals surface area contributed by atoms with Crippen LogP contribution in [0.2, 0.25) is 0 Å². The van der Waals surface area contributed by atoms with Crippen molar-refractivity contribution in [2.75, 3.05) is 13.1 Å². The van der Waals surface area contributed by atoms with Crippen molar-refractivity contribution < 1.29 is 9.59 Å². The molecule has 0 unspecified atom stereocenters. The number of urea groups is 1. The smallest absolute Gasteiger partial charge is 0.321 e. The van der Waals surface area contributed by atoms with Gasteiger partial charge in [0.2, 0.25) is 6.41 Å². The van der Waals surface area contributed by atoms with Crippen molar-refractivity contribution in [1.82, 2.24) is 14.7 Å². The zero-order valence-corrected chi connectivity index (χ0v) is 14.3. The first-order valence-corrected chi connectivity index (χ1v) is 9.35. The molecule has 2 atom stereocenters. The summed E-state index contributed by atoms with van der Waals surface area (Å²) in [5.41, 5.74) is 1.23. The molecular weight excluding hydrogens is 310 g/mol. The van der Waals surface area contributed by atoms with Gasteiger partial charge in [0.25, 0.3) is 0 Å². The second-order valence-electron chi connectivity index (χ2n) is 7.35. The Balaban J connectivity index is 1.55. The highest BCUT2D eigenvalue weighted by Gasteiger charge is 2.51. The van der Waals surface area contributed by atoms with E-state index >= 15 is 0 Å². The molecular formula is C17H23N3O2S. The molecule has 0 radical (unpaired) electrons. The van der Waals surface area contributed by atoms with Gasteiger partial charge in [-0.1, -0.05) is 0 Å². The maximum absolute atomic E-state index is 13.3. The summed E-state index contributed by atoms with van der Waals surface area (Å²) < 4.78 is 0. The predicted molar refractivity (Wildman–Crippen MR) is 89.2 cm³/mol. The number of thiophene rings is 1.